The molecule has 22 heavy (non-hydrogen) atoms. The highest BCUT2D eigenvalue weighted by atomic mass is 16.1. The van der Waals surface area contributed by atoms with E-state index >= 15 is 0 Å². The Labute approximate surface area is 135 Å². The highest BCUT2D eigenvalue weighted by molar-refractivity contribution is 5.79. The van der Waals surface area contributed by atoms with Crippen molar-refractivity contribution in [1.29, 1.82) is 0 Å². The number of carbonyl (C=O) groups excluding carboxylic acids is 1. The first-order valence-corrected chi connectivity index (χ1v) is 9.45. The second-order valence-electron chi connectivity index (χ2n) is 8.94. The Kier molecular flexibility index (Phi) is 3.42. The zero-order valence-corrected chi connectivity index (χ0v) is 14.2. The molecule has 4 aliphatic carbocycles. The number of hydrogen-bond acceptors (Lipinski definition) is 1. The highest BCUT2D eigenvalue weighted by Crippen LogP contribution is 2.64. The van der Waals surface area contributed by atoms with Crippen LogP contribution in [0.15, 0.2) is 17.9 Å². The lowest BCUT2D eigenvalue weighted by molar-refractivity contribution is -0.136. The first kappa shape index (κ1) is 14.8. The minimum atomic E-state index is 0.441. The molecule has 0 heterocycles. The number of ketones is 1. The van der Waals surface area contributed by atoms with E-state index in [1.54, 1.807) is 0 Å². The lowest BCUT2D eigenvalue weighted by Crippen LogP contribution is -2.52. The minimum absolute atomic E-state index is 0.441. The number of Topliss-reactive ketones (excluding diaryl/α,β-unsaturated/α-hetero) is 1. The van der Waals surface area contributed by atoms with Gasteiger partial charge in [-0.05, 0) is 85.0 Å². The van der Waals surface area contributed by atoms with Crippen LogP contribution in [0.1, 0.15) is 65.2 Å². The fourth-order valence-electron chi connectivity index (χ4n) is 7.11. The normalized spacial score (nSPS) is 50.8. The molecule has 0 aromatic carbocycles. The number of carbonyl (C=O) groups is 1. The number of hydrogen-bond donors (Lipinski definition) is 0. The number of fused-ring (bicyclic) bond motifs is 5. The zero-order valence-electron chi connectivity index (χ0n) is 14.2. The van der Waals surface area contributed by atoms with Crippen LogP contribution in [-0.4, -0.2) is 5.78 Å². The Balaban J connectivity index is 1.66. The standard InChI is InChI=1S/C21H30O/c1-4-14-5-7-18-17-8-6-15-12-16(22)9-10-21(15,3)19(17)11-13(2)20(14)18/h13,15,17-20H,1,5-12H2,2-3H3/t13-,15?,17?,18?,19?,20?,21+/m1/s1. The van der Waals surface area contributed by atoms with Crippen molar-refractivity contribution >= 4 is 5.78 Å². The molecule has 5 unspecified atom stereocenters. The Morgan fingerprint density at radius 2 is 2.00 bits per heavy atom. The van der Waals surface area contributed by atoms with Gasteiger partial charge < -0.3 is 0 Å². The SMILES string of the molecule is C=C=C1CCC2C3CCC4CC(=O)CC[C@]4(C)C3C[C@@H](C)C12. The van der Waals surface area contributed by atoms with Crippen molar-refractivity contribution in [2.45, 2.75) is 65.2 Å². The van der Waals surface area contributed by atoms with Crippen LogP contribution in [0.2, 0.25) is 0 Å². The second kappa shape index (κ2) is 5.10. The Bertz CT molecular complexity index is 540. The van der Waals surface area contributed by atoms with Crippen molar-refractivity contribution in [2.75, 3.05) is 0 Å². The summed E-state index contributed by atoms with van der Waals surface area (Å²) in [7, 11) is 0. The monoisotopic (exact) mass is 298 g/mol. The highest BCUT2D eigenvalue weighted by Gasteiger charge is 2.57. The molecule has 4 fully saturated rings. The Hall–Kier alpha value is -0.810. The van der Waals surface area contributed by atoms with Gasteiger partial charge in [-0.1, -0.05) is 20.4 Å². The summed E-state index contributed by atoms with van der Waals surface area (Å²) in [5.74, 6) is 5.40. The molecule has 0 bridgehead atoms. The minimum Gasteiger partial charge on any atom is -0.300 e. The smallest absolute Gasteiger partial charge is 0.133 e. The third kappa shape index (κ3) is 1.94. The summed E-state index contributed by atoms with van der Waals surface area (Å²) in [6.45, 7) is 8.96. The van der Waals surface area contributed by atoms with Crippen molar-refractivity contribution in [3.8, 4) is 0 Å². The molecule has 1 nitrogen and oxygen atoms in total. The maximum atomic E-state index is 11.9. The topological polar surface area (TPSA) is 17.1 Å². The first-order chi connectivity index (χ1) is 10.5. The maximum Gasteiger partial charge on any atom is 0.133 e. The van der Waals surface area contributed by atoms with Gasteiger partial charge in [0.1, 0.15) is 5.78 Å². The van der Waals surface area contributed by atoms with Crippen LogP contribution >= 0.6 is 0 Å². The van der Waals surface area contributed by atoms with Crippen molar-refractivity contribution in [3.63, 3.8) is 0 Å². The molecule has 0 aliphatic heterocycles. The predicted molar refractivity (Wildman–Crippen MR) is 89.3 cm³/mol. The lowest BCUT2D eigenvalue weighted by Gasteiger charge is -2.59. The van der Waals surface area contributed by atoms with Crippen LogP contribution in [0.3, 0.4) is 0 Å². The van der Waals surface area contributed by atoms with Gasteiger partial charge in [-0.3, -0.25) is 4.79 Å². The van der Waals surface area contributed by atoms with E-state index in [1.807, 2.05) is 0 Å². The van der Waals surface area contributed by atoms with Gasteiger partial charge in [-0.25, -0.2) is 0 Å². The van der Waals surface area contributed by atoms with Crippen LogP contribution in [0.25, 0.3) is 0 Å². The molecule has 0 aromatic heterocycles. The van der Waals surface area contributed by atoms with Gasteiger partial charge in [0.15, 0.2) is 0 Å². The van der Waals surface area contributed by atoms with Gasteiger partial charge >= 0.3 is 0 Å². The zero-order chi connectivity index (χ0) is 15.5. The van der Waals surface area contributed by atoms with Gasteiger partial charge in [0.05, 0.1) is 0 Å². The van der Waals surface area contributed by atoms with Gasteiger partial charge in [0.25, 0.3) is 0 Å². The van der Waals surface area contributed by atoms with Crippen molar-refractivity contribution < 1.29 is 4.79 Å². The first-order valence-electron chi connectivity index (χ1n) is 9.45. The molecule has 4 saturated carbocycles. The molecular weight excluding hydrogens is 268 g/mol. The van der Waals surface area contributed by atoms with Crippen LogP contribution in [0.4, 0.5) is 0 Å². The van der Waals surface area contributed by atoms with E-state index in [9.17, 15) is 4.79 Å². The average Bonchev–Trinajstić information content (AvgIpc) is 2.94. The summed E-state index contributed by atoms with van der Waals surface area (Å²) in [6, 6.07) is 0. The molecule has 0 N–H and O–H groups in total. The van der Waals surface area contributed by atoms with Gasteiger partial charge in [0.2, 0.25) is 0 Å². The molecule has 0 saturated heterocycles. The molecule has 0 radical (unpaired) electrons. The molecule has 0 spiro atoms. The average molecular weight is 298 g/mol. The van der Waals surface area contributed by atoms with E-state index in [0.29, 0.717) is 17.1 Å². The van der Waals surface area contributed by atoms with E-state index in [2.05, 4.69) is 26.2 Å². The van der Waals surface area contributed by atoms with Crippen molar-refractivity contribution in [3.05, 3.63) is 17.9 Å². The summed E-state index contributed by atoms with van der Waals surface area (Å²) in [5.41, 5.74) is 5.25. The molecule has 120 valence electrons. The third-order valence-corrected chi connectivity index (χ3v) is 8.19. The van der Waals surface area contributed by atoms with Crippen LogP contribution < -0.4 is 0 Å². The molecular formula is C21H30O. The Morgan fingerprint density at radius 3 is 2.77 bits per heavy atom. The predicted octanol–water partition coefficient (Wildman–Crippen LogP) is 5.17. The van der Waals surface area contributed by atoms with Gasteiger partial charge in [-0.2, -0.15) is 0 Å². The summed E-state index contributed by atoms with van der Waals surface area (Å²) >= 11 is 0. The van der Waals surface area contributed by atoms with E-state index in [1.165, 1.54) is 37.7 Å². The summed E-state index contributed by atoms with van der Waals surface area (Å²) in [6.07, 6.45) is 9.53. The summed E-state index contributed by atoms with van der Waals surface area (Å²) in [5, 5.41) is 0. The third-order valence-electron chi connectivity index (χ3n) is 8.19. The summed E-state index contributed by atoms with van der Waals surface area (Å²) < 4.78 is 0. The van der Waals surface area contributed by atoms with E-state index in [-0.39, 0.29) is 0 Å². The fourth-order valence-corrected chi connectivity index (χ4v) is 7.11. The maximum absolute atomic E-state index is 11.9. The fraction of sp³-hybridized carbons (Fsp3) is 0.810. The Morgan fingerprint density at radius 1 is 1.18 bits per heavy atom. The van der Waals surface area contributed by atoms with Crippen molar-refractivity contribution in [2.24, 2.45) is 40.9 Å². The van der Waals surface area contributed by atoms with Gasteiger partial charge in [0, 0.05) is 12.8 Å². The molecule has 4 aliphatic rings. The van der Waals surface area contributed by atoms with Crippen molar-refractivity contribution in [1.82, 2.24) is 0 Å². The molecule has 4 rings (SSSR count). The molecule has 0 amide bonds. The molecule has 1 heteroatoms. The number of rotatable bonds is 0. The molecule has 7 atom stereocenters. The van der Waals surface area contributed by atoms with Gasteiger partial charge in [-0.15, -0.1) is 5.73 Å². The van der Waals surface area contributed by atoms with Crippen LogP contribution in [-0.2, 0) is 4.79 Å². The van der Waals surface area contributed by atoms with E-state index in [4.69, 9.17) is 0 Å². The summed E-state index contributed by atoms with van der Waals surface area (Å²) in [4.78, 5) is 11.9. The lowest BCUT2D eigenvalue weighted by atomic mass is 9.46. The van der Waals surface area contributed by atoms with E-state index in [0.717, 1.165) is 48.9 Å². The molecule has 0 aromatic rings. The van der Waals surface area contributed by atoms with Crippen LogP contribution in [0, 0.1) is 40.9 Å². The quantitative estimate of drug-likeness (QED) is 0.564. The van der Waals surface area contributed by atoms with E-state index < -0.39 is 0 Å². The second-order valence-corrected chi connectivity index (χ2v) is 8.94. The largest absolute Gasteiger partial charge is 0.300 e. The van der Waals surface area contributed by atoms with Crippen LogP contribution in [0.5, 0.6) is 0 Å². The number of allylic oxidation sites excluding steroid dienone is 1.